The Bertz CT molecular complexity index is 1070. The smallest absolute Gasteiger partial charge is 0.330 e. The number of aliphatic hydroxyl groups excluding tert-OH is 2. The average Bonchev–Trinajstić information content (AvgIpc) is 3.68. The lowest BCUT2D eigenvalue weighted by atomic mass is 9.91. The molecule has 1 unspecified atom stereocenters. The summed E-state index contributed by atoms with van der Waals surface area (Å²) in [5, 5.41) is 22.0. The van der Waals surface area contributed by atoms with Gasteiger partial charge in [0.05, 0.1) is 36.1 Å². The molecule has 0 spiro atoms. The summed E-state index contributed by atoms with van der Waals surface area (Å²) in [4.78, 5) is 23.7. The number of fused-ring (bicyclic) bond motifs is 3. The van der Waals surface area contributed by atoms with Crippen LogP contribution in [0.4, 0.5) is 0 Å². The van der Waals surface area contributed by atoms with E-state index in [-0.39, 0.29) is 30.8 Å². The number of aliphatic hydroxyl groups is 2. The van der Waals surface area contributed by atoms with Gasteiger partial charge in [-0.25, -0.2) is 9.68 Å². The monoisotopic (exact) mass is 602 g/mol. The van der Waals surface area contributed by atoms with E-state index in [1.807, 2.05) is 39.8 Å². The minimum absolute atomic E-state index is 0.102. The minimum Gasteiger partial charge on any atom is -0.456 e. The fourth-order valence-electron chi connectivity index (χ4n) is 5.79. The normalized spacial score (nSPS) is 37.9. The SMILES string of the molecule is C=C1C[C@H](C)C[C@@H]2CC=C[C@@H](C/C=C\C(=O)O[C@H]([C@@H](O)/C=C/[C@@H]3CC(C)=CC(OOC(C)(C)C)O3)C[C@H]3O[C@H]3[C@@H](O)C1)O2. The van der Waals surface area contributed by atoms with Crippen molar-refractivity contribution < 1.29 is 43.7 Å². The number of epoxide rings is 1. The summed E-state index contributed by atoms with van der Waals surface area (Å²) in [7, 11) is 0. The van der Waals surface area contributed by atoms with Crippen molar-refractivity contribution in [3.8, 4) is 0 Å². The minimum atomic E-state index is -1.12. The van der Waals surface area contributed by atoms with Crippen molar-refractivity contribution in [3.05, 3.63) is 60.3 Å². The highest BCUT2D eigenvalue weighted by Crippen LogP contribution is 2.35. The molecule has 0 amide bonds. The van der Waals surface area contributed by atoms with Gasteiger partial charge in [-0.05, 0) is 78.2 Å². The topological polar surface area (TPSA) is 116 Å². The van der Waals surface area contributed by atoms with Gasteiger partial charge in [0.1, 0.15) is 18.3 Å². The molecule has 4 aliphatic rings. The summed E-state index contributed by atoms with van der Waals surface area (Å²) >= 11 is 0. The van der Waals surface area contributed by atoms with Gasteiger partial charge in [-0.3, -0.25) is 0 Å². The molecule has 43 heavy (non-hydrogen) atoms. The molecule has 9 heteroatoms. The van der Waals surface area contributed by atoms with Crippen LogP contribution >= 0.6 is 0 Å². The second kappa shape index (κ2) is 15.3. The van der Waals surface area contributed by atoms with Crippen molar-refractivity contribution in [1.29, 1.82) is 0 Å². The molecule has 0 aliphatic carbocycles. The van der Waals surface area contributed by atoms with Gasteiger partial charge >= 0.3 is 5.97 Å². The Balaban J connectivity index is 1.42. The van der Waals surface area contributed by atoms with Gasteiger partial charge in [-0.15, -0.1) is 0 Å². The molecule has 0 aromatic carbocycles. The first-order valence-electron chi connectivity index (χ1n) is 15.6. The summed E-state index contributed by atoms with van der Waals surface area (Å²) in [6, 6.07) is 0. The van der Waals surface area contributed by atoms with E-state index in [1.165, 1.54) is 6.08 Å². The lowest BCUT2D eigenvalue weighted by Gasteiger charge is -2.28. The Morgan fingerprint density at radius 3 is 2.65 bits per heavy atom. The van der Waals surface area contributed by atoms with E-state index in [9.17, 15) is 15.0 Å². The molecule has 4 rings (SSSR count). The quantitative estimate of drug-likeness (QED) is 0.144. The van der Waals surface area contributed by atoms with Crippen LogP contribution in [0.2, 0.25) is 0 Å². The van der Waals surface area contributed by atoms with Gasteiger partial charge in [-0.2, -0.15) is 4.89 Å². The lowest BCUT2D eigenvalue weighted by molar-refractivity contribution is -0.408. The highest BCUT2D eigenvalue weighted by Gasteiger charge is 2.46. The molecule has 2 bridgehead atoms. The first-order chi connectivity index (χ1) is 20.3. The molecule has 0 aromatic rings. The van der Waals surface area contributed by atoms with Crippen LogP contribution in [0, 0.1) is 5.92 Å². The van der Waals surface area contributed by atoms with E-state index in [1.54, 1.807) is 18.2 Å². The van der Waals surface area contributed by atoms with Crippen molar-refractivity contribution in [2.75, 3.05) is 0 Å². The number of ether oxygens (including phenoxy) is 4. The predicted molar refractivity (Wildman–Crippen MR) is 162 cm³/mol. The van der Waals surface area contributed by atoms with Gasteiger partial charge in [0, 0.05) is 12.5 Å². The molecule has 4 aliphatic heterocycles. The van der Waals surface area contributed by atoms with Gasteiger partial charge in [0.15, 0.2) is 0 Å². The van der Waals surface area contributed by atoms with Crippen LogP contribution in [0.3, 0.4) is 0 Å². The fraction of sp³-hybridized carbons (Fsp3) is 0.676. The molecule has 9 nitrogen and oxygen atoms in total. The Kier molecular flexibility index (Phi) is 12.0. The molecule has 1 fully saturated rings. The number of cyclic esters (lactones) is 1. The fourth-order valence-corrected chi connectivity index (χ4v) is 5.79. The lowest BCUT2D eigenvalue weighted by Crippen LogP contribution is -2.33. The predicted octanol–water partition coefficient (Wildman–Crippen LogP) is 5.18. The average molecular weight is 603 g/mol. The first kappa shape index (κ1) is 33.8. The third kappa shape index (κ3) is 11.4. The molecule has 240 valence electrons. The molecular weight excluding hydrogens is 552 g/mol. The molecule has 1 saturated heterocycles. The Labute approximate surface area is 256 Å². The second-order valence-corrected chi connectivity index (χ2v) is 13.4. The van der Waals surface area contributed by atoms with Gasteiger partial charge in [0.25, 0.3) is 0 Å². The van der Waals surface area contributed by atoms with Crippen LogP contribution in [-0.4, -0.2) is 76.9 Å². The van der Waals surface area contributed by atoms with E-state index in [2.05, 4.69) is 19.6 Å². The Morgan fingerprint density at radius 2 is 1.88 bits per heavy atom. The van der Waals surface area contributed by atoms with Crippen molar-refractivity contribution in [1.82, 2.24) is 0 Å². The van der Waals surface area contributed by atoms with Crippen molar-refractivity contribution in [3.63, 3.8) is 0 Å². The largest absolute Gasteiger partial charge is 0.456 e. The number of carbonyl (C=O) groups excluding carboxylic acids is 1. The number of hydrogen-bond donors (Lipinski definition) is 2. The maximum Gasteiger partial charge on any atom is 0.330 e. The first-order valence-corrected chi connectivity index (χ1v) is 15.6. The number of carbonyl (C=O) groups is 1. The molecule has 0 radical (unpaired) electrons. The Hall–Kier alpha value is -2.11. The van der Waals surface area contributed by atoms with Gasteiger partial charge < -0.3 is 29.2 Å². The van der Waals surface area contributed by atoms with E-state index in [0.717, 1.165) is 30.4 Å². The summed E-state index contributed by atoms with van der Waals surface area (Å²) in [5.41, 5.74) is 1.54. The molecule has 2 N–H and O–H groups in total. The van der Waals surface area contributed by atoms with Crippen molar-refractivity contribution in [2.45, 2.75) is 140 Å². The van der Waals surface area contributed by atoms with Crippen LogP contribution < -0.4 is 0 Å². The molecule has 4 heterocycles. The van der Waals surface area contributed by atoms with E-state index in [4.69, 9.17) is 28.7 Å². The maximum atomic E-state index is 12.8. The zero-order valence-corrected chi connectivity index (χ0v) is 26.2. The standard InChI is InChI=1S/C34H50O9/c1-21-15-22(2)18-28(36)33-30(41-33)20-29(40-31(37)12-8-10-24-9-7-11-25(16-21)38-24)27(35)14-13-26-17-23(3)19-32(39-26)42-43-34(4,5)6/h7-9,12-14,19,21,24-30,32-33,35-36H,2,10-11,15-18,20H2,1,3-6H3/b12-8-,14-13+/t21-,24-,25-,26+,27-,28-,29-,30+,32?,33-/m0/s1. The maximum absolute atomic E-state index is 12.8. The van der Waals surface area contributed by atoms with Gasteiger partial charge in [0.2, 0.25) is 6.29 Å². The highest BCUT2D eigenvalue weighted by atomic mass is 17.2. The zero-order valence-electron chi connectivity index (χ0n) is 26.2. The summed E-state index contributed by atoms with van der Waals surface area (Å²) in [5.74, 6) is -0.195. The number of esters is 1. The Morgan fingerprint density at radius 1 is 1.09 bits per heavy atom. The number of hydrogen-bond acceptors (Lipinski definition) is 9. The van der Waals surface area contributed by atoms with Crippen molar-refractivity contribution >= 4 is 5.97 Å². The molecule has 0 aromatic heterocycles. The third-order valence-electron chi connectivity index (χ3n) is 7.82. The molecular formula is C34H50O9. The highest BCUT2D eigenvalue weighted by molar-refractivity contribution is 5.82. The molecule has 0 saturated carbocycles. The van der Waals surface area contributed by atoms with Crippen LogP contribution in [0.1, 0.15) is 79.6 Å². The van der Waals surface area contributed by atoms with Crippen LogP contribution in [0.5, 0.6) is 0 Å². The third-order valence-corrected chi connectivity index (χ3v) is 7.82. The zero-order chi connectivity index (χ0) is 31.1. The number of rotatable bonds is 5. The van der Waals surface area contributed by atoms with Crippen molar-refractivity contribution in [2.24, 2.45) is 5.92 Å². The summed E-state index contributed by atoms with van der Waals surface area (Å²) in [6.45, 7) is 14.0. The summed E-state index contributed by atoms with van der Waals surface area (Å²) in [6.07, 6.45) is 12.3. The van der Waals surface area contributed by atoms with E-state index >= 15 is 0 Å². The van der Waals surface area contributed by atoms with Gasteiger partial charge in [-0.1, -0.05) is 55.0 Å². The molecule has 10 atom stereocenters. The van der Waals surface area contributed by atoms with E-state index in [0.29, 0.717) is 25.2 Å². The van der Waals surface area contributed by atoms with Crippen LogP contribution in [0.15, 0.2) is 60.3 Å². The van der Waals surface area contributed by atoms with E-state index < -0.39 is 42.3 Å². The second-order valence-electron chi connectivity index (χ2n) is 13.4. The van der Waals surface area contributed by atoms with Crippen LogP contribution in [0.25, 0.3) is 0 Å². The van der Waals surface area contributed by atoms with Crippen LogP contribution in [-0.2, 0) is 33.5 Å². The summed E-state index contributed by atoms with van der Waals surface area (Å²) < 4.78 is 23.7.